The van der Waals surface area contributed by atoms with Crippen LogP contribution in [0.25, 0.3) is 0 Å². The van der Waals surface area contributed by atoms with Gasteiger partial charge >= 0.3 is 0 Å². The highest BCUT2D eigenvalue weighted by atomic mass is 16.5. The highest BCUT2D eigenvalue weighted by Crippen LogP contribution is 2.19. The van der Waals surface area contributed by atoms with Crippen molar-refractivity contribution in [1.29, 1.82) is 0 Å². The molecule has 0 saturated carbocycles. The fraction of sp³-hybridized carbons (Fsp3) is 0.478. The SMILES string of the molecule is COc1ccc(CO[C@@H](C/C=C/CO)[C@H](/C=C/[C@@H]2CC(C)=CCO2)OC)cc1. The minimum absolute atomic E-state index is 0.0141. The summed E-state index contributed by atoms with van der Waals surface area (Å²) < 4.78 is 22.8. The Bertz CT molecular complexity index is 647. The van der Waals surface area contributed by atoms with E-state index in [0.717, 1.165) is 17.7 Å². The molecule has 0 bridgehead atoms. The number of benzene rings is 1. The largest absolute Gasteiger partial charge is 0.497 e. The van der Waals surface area contributed by atoms with E-state index in [1.54, 1.807) is 20.3 Å². The average Bonchev–Trinajstić information content (AvgIpc) is 2.72. The van der Waals surface area contributed by atoms with Gasteiger partial charge in [-0.25, -0.2) is 0 Å². The first-order chi connectivity index (χ1) is 13.7. The Morgan fingerprint density at radius 2 is 2.00 bits per heavy atom. The molecule has 1 aromatic rings. The molecule has 1 aliphatic rings. The van der Waals surface area contributed by atoms with Gasteiger partial charge in [0.25, 0.3) is 0 Å². The van der Waals surface area contributed by atoms with Crippen LogP contribution < -0.4 is 4.74 Å². The van der Waals surface area contributed by atoms with E-state index in [4.69, 9.17) is 24.1 Å². The number of aliphatic hydroxyl groups is 1. The molecular weight excluding hydrogens is 356 g/mol. The van der Waals surface area contributed by atoms with Gasteiger partial charge in [0, 0.05) is 7.11 Å². The van der Waals surface area contributed by atoms with Crippen LogP contribution in [0.2, 0.25) is 0 Å². The standard InChI is InChI=1S/C23H32O5/c1-18-13-15-27-21(16-18)11-12-22(26-3)23(6-4-5-14-24)28-17-19-7-9-20(25-2)10-8-19/h4-5,7-13,21-24H,6,14-17H2,1-3H3/b5-4+,12-11+/t21-,22+,23+/m1/s1. The van der Waals surface area contributed by atoms with Gasteiger partial charge in [0.1, 0.15) is 11.9 Å². The molecule has 154 valence electrons. The lowest BCUT2D eigenvalue weighted by Crippen LogP contribution is -2.29. The van der Waals surface area contributed by atoms with Crippen molar-refractivity contribution >= 4 is 0 Å². The van der Waals surface area contributed by atoms with Crippen LogP contribution in [0.15, 0.2) is 60.2 Å². The summed E-state index contributed by atoms with van der Waals surface area (Å²) in [5, 5.41) is 9.02. The average molecular weight is 389 g/mol. The monoisotopic (exact) mass is 388 g/mol. The summed E-state index contributed by atoms with van der Waals surface area (Å²) in [5.74, 6) is 0.820. The normalized spacial score (nSPS) is 19.7. The molecule has 0 spiro atoms. The van der Waals surface area contributed by atoms with Crippen molar-refractivity contribution in [2.75, 3.05) is 27.4 Å². The Morgan fingerprint density at radius 1 is 1.21 bits per heavy atom. The number of ether oxygens (including phenoxy) is 4. The van der Waals surface area contributed by atoms with E-state index >= 15 is 0 Å². The third-order valence-electron chi connectivity index (χ3n) is 4.68. The molecule has 0 amide bonds. The van der Waals surface area contributed by atoms with Crippen molar-refractivity contribution in [2.45, 2.75) is 44.7 Å². The second kappa shape index (κ2) is 12.5. The molecule has 2 rings (SSSR count). The lowest BCUT2D eigenvalue weighted by Gasteiger charge is -2.25. The Hall–Kier alpha value is -1.92. The summed E-state index contributed by atoms with van der Waals surface area (Å²) in [5.41, 5.74) is 2.40. The summed E-state index contributed by atoms with van der Waals surface area (Å²) in [6, 6.07) is 7.82. The molecule has 0 aromatic heterocycles. The molecule has 5 heteroatoms. The van der Waals surface area contributed by atoms with Crippen molar-refractivity contribution in [3.05, 3.63) is 65.8 Å². The van der Waals surface area contributed by atoms with Gasteiger partial charge in [-0.3, -0.25) is 0 Å². The lowest BCUT2D eigenvalue weighted by molar-refractivity contribution is -0.0420. The van der Waals surface area contributed by atoms with Gasteiger partial charge in [-0.1, -0.05) is 48.1 Å². The van der Waals surface area contributed by atoms with Crippen LogP contribution in [-0.2, 0) is 20.8 Å². The molecule has 0 saturated heterocycles. The Kier molecular flexibility index (Phi) is 10.0. The van der Waals surface area contributed by atoms with E-state index in [1.165, 1.54) is 5.57 Å². The number of hydrogen-bond donors (Lipinski definition) is 1. The van der Waals surface area contributed by atoms with Gasteiger partial charge in [-0.2, -0.15) is 0 Å². The molecule has 28 heavy (non-hydrogen) atoms. The Morgan fingerprint density at radius 3 is 2.64 bits per heavy atom. The second-order valence-electron chi connectivity index (χ2n) is 6.80. The van der Waals surface area contributed by atoms with E-state index in [-0.39, 0.29) is 24.9 Å². The van der Waals surface area contributed by atoms with Gasteiger partial charge in [-0.15, -0.1) is 0 Å². The molecule has 5 nitrogen and oxygen atoms in total. The molecule has 0 aliphatic carbocycles. The molecule has 1 aliphatic heterocycles. The topological polar surface area (TPSA) is 57.2 Å². The molecule has 1 N–H and O–H groups in total. The van der Waals surface area contributed by atoms with Gasteiger partial charge in [0.2, 0.25) is 0 Å². The molecule has 3 atom stereocenters. The number of methoxy groups -OCH3 is 2. The zero-order chi connectivity index (χ0) is 20.2. The van der Waals surface area contributed by atoms with E-state index in [1.807, 2.05) is 36.4 Å². The molecule has 0 radical (unpaired) electrons. The summed E-state index contributed by atoms with van der Waals surface area (Å²) in [4.78, 5) is 0. The highest BCUT2D eigenvalue weighted by molar-refractivity contribution is 5.26. The quantitative estimate of drug-likeness (QED) is 0.584. The van der Waals surface area contributed by atoms with Crippen LogP contribution in [0.5, 0.6) is 5.75 Å². The summed E-state index contributed by atoms with van der Waals surface area (Å²) in [6.07, 6.45) is 11.1. The molecular formula is C23H32O5. The van der Waals surface area contributed by atoms with Crippen molar-refractivity contribution in [1.82, 2.24) is 0 Å². The molecule has 1 aromatic carbocycles. The predicted molar refractivity (Wildman–Crippen MR) is 110 cm³/mol. The van der Waals surface area contributed by atoms with Crippen LogP contribution >= 0.6 is 0 Å². The number of hydrogen-bond acceptors (Lipinski definition) is 5. The molecule has 0 unspecified atom stereocenters. The second-order valence-corrected chi connectivity index (χ2v) is 6.80. The number of aliphatic hydroxyl groups excluding tert-OH is 1. The fourth-order valence-corrected chi connectivity index (χ4v) is 3.01. The minimum atomic E-state index is -0.212. The van der Waals surface area contributed by atoms with Gasteiger partial charge in [0.15, 0.2) is 0 Å². The summed E-state index contributed by atoms with van der Waals surface area (Å²) >= 11 is 0. The minimum Gasteiger partial charge on any atom is -0.497 e. The summed E-state index contributed by atoms with van der Waals surface area (Å²) in [6.45, 7) is 3.25. The van der Waals surface area contributed by atoms with Crippen LogP contribution in [0.4, 0.5) is 0 Å². The van der Waals surface area contributed by atoms with E-state index in [9.17, 15) is 0 Å². The molecule has 0 fully saturated rings. The maximum atomic E-state index is 9.02. The van der Waals surface area contributed by atoms with Crippen molar-refractivity contribution in [3.8, 4) is 5.75 Å². The van der Waals surface area contributed by atoms with Crippen LogP contribution in [0.1, 0.15) is 25.3 Å². The van der Waals surface area contributed by atoms with Crippen molar-refractivity contribution < 1.29 is 24.1 Å². The van der Waals surface area contributed by atoms with Crippen LogP contribution in [0, 0.1) is 0 Å². The van der Waals surface area contributed by atoms with Crippen molar-refractivity contribution in [2.24, 2.45) is 0 Å². The molecule has 1 heterocycles. The predicted octanol–water partition coefficient (Wildman–Crippen LogP) is 3.83. The van der Waals surface area contributed by atoms with E-state index in [0.29, 0.717) is 19.6 Å². The zero-order valence-corrected chi connectivity index (χ0v) is 17.0. The van der Waals surface area contributed by atoms with Gasteiger partial charge < -0.3 is 24.1 Å². The number of rotatable bonds is 11. The fourth-order valence-electron chi connectivity index (χ4n) is 3.01. The highest BCUT2D eigenvalue weighted by Gasteiger charge is 2.20. The van der Waals surface area contributed by atoms with E-state index < -0.39 is 0 Å². The first kappa shape index (κ1) is 22.4. The van der Waals surface area contributed by atoms with Gasteiger partial charge in [-0.05, 0) is 37.5 Å². The van der Waals surface area contributed by atoms with Crippen molar-refractivity contribution in [3.63, 3.8) is 0 Å². The van der Waals surface area contributed by atoms with Crippen LogP contribution in [0.3, 0.4) is 0 Å². The lowest BCUT2D eigenvalue weighted by atomic mass is 10.0. The van der Waals surface area contributed by atoms with E-state index in [2.05, 4.69) is 19.1 Å². The first-order valence-corrected chi connectivity index (χ1v) is 9.65. The third-order valence-corrected chi connectivity index (χ3v) is 4.68. The Labute approximate surface area is 168 Å². The maximum Gasteiger partial charge on any atom is 0.118 e. The third kappa shape index (κ3) is 7.60. The maximum absolute atomic E-state index is 9.02. The Balaban J connectivity index is 2.00. The van der Waals surface area contributed by atoms with Gasteiger partial charge in [0.05, 0.1) is 39.1 Å². The first-order valence-electron chi connectivity index (χ1n) is 9.65. The zero-order valence-electron chi connectivity index (χ0n) is 17.0. The smallest absolute Gasteiger partial charge is 0.118 e. The van der Waals surface area contributed by atoms with Crippen LogP contribution in [-0.4, -0.2) is 50.9 Å². The summed E-state index contributed by atoms with van der Waals surface area (Å²) in [7, 11) is 3.33.